The lowest BCUT2D eigenvalue weighted by molar-refractivity contribution is -0.128. The van der Waals surface area contributed by atoms with Crippen molar-refractivity contribution >= 4 is 17.8 Å². The molecule has 1 aromatic heterocycles. The van der Waals surface area contributed by atoms with Gasteiger partial charge in [-0.15, -0.1) is 4.98 Å². The number of nitrogens with zero attached hydrogens (tertiary/aromatic N) is 4. The molecule has 2 heterocycles. The summed E-state index contributed by atoms with van der Waals surface area (Å²) in [5.41, 5.74) is 0.758. The first kappa shape index (κ1) is 25.8. The number of methoxy groups -OCH3 is 4. The summed E-state index contributed by atoms with van der Waals surface area (Å²) in [6.07, 6.45) is 1.61. The van der Waals surface area contributed by atoms with Crippen LogP contribution in [0.3, 0.4) is 0 Å². The van der Waals surface area contributed by atoms with Gasteiger partial charge in [0.2, 0.25) is 17.8 Å². The Morgan fingerprint density at radius 1 is 1.00 bits per heavy atom. The van der Waals surface area contributed by atoms with Crippen LogP contribution in [0.25, 0.3) is 0 Å². The third-order valence-electron chi connectivity index (χ3n) is 5.67. The van der Waals surface area contributed by atoms with Gasteiger partial charge in [0.15, 0.2) is 11.5 Å². The maximum Gasteiger partial charge on any atom is 0.324 e. The summed E-state index contributed by atoms with van der Waals surface area (Å²) >= 11 is 0. The number of hydrogen-bond donors (Lipinski definition) is 2. The SMILES string of the molecule is COc1nc(OC)nc(N2CCC(NC(=O)C(Cc3cccc(OC)c3OC)NC(C)=O)CC2)n1. The second-order valence-corrected chi connectivity index (χ2v) is 7.99. The molecule has 35 heavy (non-hydrogen) atoms. The lowest BCUT2D eigenvalue weighted by Crippen LogP contribution is -2.52. The minimum absolute atomic E-state index is 0.0622. The average molecular weight is 489 g/mol. The van der Waals surface area contributed by atoms with Crippen molar-refractivity contribution in [3.63, 3.8) is 0 Å². The number of benzene rings is 1. The molecular formula is C23H32N6O6. The van der Waals surface area contributed by atoms with Crippen LogP contribution in [0.5, 0.6) is 23.5 Å². The van der Waals surface area contributed by atoms with Crippen molar-refractivity contribution in [1.82, 2.24) is 25.6 Å². The number of amides is 2. The highest BCUT2D eigenvalue weighted by molar-refractivity contribution is 5.87. The maximum absolute atomic E-state index is 13.1. The van der Waals surface area contributed by atoms with Crippen LogP contribution < -0.4 is 34.5 Å². The molecule has 0 aliphatic carbocycles. The molecule has 1 aromatic carbocycles. The number of rotatable bonds is 10. The minimum atomic E-state index is -0.761. The second kappa shape index (κ2) is 12.0. The summed E-state index contributed by atoms with van der Waals surface area (Å²) in [5, 5.41) is 5.83. The zero-order valence-electron chi connectivity index (χ0n) is 20.7. The average Bonchev–Trinajstić information content (AvgIpc) is 2.87. The molecule has 12 nitrogen and oxygen atoms in total. The van der Waals surface area contributed by atoms with Crippen LogP contribution in [0.4, 0.5) is 5.95 Å². The van der Waals surface area contributed by atoms with Gasteiger partial charge in [0.25, 0.3) is 0 Å². The second-order valence-electron chi connectivity index (χ2n) is 7.99. The van der Waals surface area contributed by atoms with Gasteiger partial charge in [-0.1, -0.05) is 12.1 Å². The van der Waals surface area contributed by atoms with Crippen LogP contribution in [0, 0.1) is 0 Å². The third-order valence-corrected chi connectivity index (χ3v) is 5.67. The van der Waals surface area contributed by atoms with E-state index in [2.05, 4.69) is 25.6 Å². The smallest absolute Gasteiger partial charge is 0.324 e. The van der Waals surface area contributed by atoms with E-state index in [0.717, 1.165) is 5.56 Å². The van der Waals surface area contributed by atoms with Crippen molar-refractivity contribution < 1.29 is 28.5 Å². The number of anilines is 1. The van der Waals surface area contributed by atoms with Crippen molar-refractivity contribution in [3.8, 4) is 23.5 Å². The Hall–Kier alpha value is -3.83. The van der Waals surface area contributed by atoms with Crippen LogP contribution in [-0.4, -0.2) is 80.4 Å². The number of carbonyl (C=O) groups is 2. The van der Waals surface area contributed by atoms with E-state index in [1.807, 2.05) is 17.0 Å². The summed E-state index contributed by atoms with van der Waals surface area (Å²) in [4.78, 5) is 39.6. The van der Waals surface area contributed by atoms with E-state index < -0.39 is 6.04 Å². The number of ether oxygens (including phenoxy) is 4. The Morgan fingerprint density at radius 3 is 2.20 bits per heavy atom. The van der Waals surface area contributed by atoms with Gasteiger partial charge in [0.1, 0.15) is 6.04 Å². The molecule has 2 amide bonds. The molecule has 0 spiro atoms. The van der Waals surface area contributed by atoms with Crippen LogP contribution in [-0.2, 0) is 16.0 Å². The molecule has 1 aliphatic rings. The van der Waals surface area contributed by atoms with E-state index in [0.29, 0.717) is 43.4 Å². The molecule has 3 rings (SSSR count). The normalized spacial score (nSPS) is 14.6. The van der Waals surface area contributed by atoms with Crippen LogP contribution in [0.2, 0.25) is 0 Å². The first-order chi connectivity index (χ1) is 16.9. The highest BCUT2D eigenvalue weighted by Crippen LogP contribution is 2.31. The van der Waals surface area contributed by atoms with E-state index >= 15 is 0 Å². The molecule has 0 saturated carbocycles. The molecule has 0 bridgehead atoms. The van der Waals surface area contributed by atoms with Gasteiger partial charge in [-0.05, 0) is 18.9 Å². The van der Waals surface area contributed by atoms with Gasteiger partial charge in [0.05, 0.1) is 28.4 Å². The molecule has 12 heteroatoms. The van der Waals surface area contributed by atoms with Crippen molar-refractivity contribution in [2.45, 2.75) is 38.3 Å². The fourth-order valence-corrected chi connectivity index (χ4v) is 3.97. The van der Waals surface area contributed by atoms with Crippen LogP contribution >= 0.6 is 0 Å². The molecule has 1 atom stereocenters. The van der Waals surface area contributed by atoms with Crippen LogP contribution in [0.1, 0.15) is 25.3 Å². The summed E-state index contributed by atoms with van der Waals surface area (Å²) in [6, 6.07) is 4.97. The molecule has 2 N–H and O–H groups in total. The van der Waals surface area contributed by atoms with Crippen molar-refractivity contribution in [1.29, 1.82) is 0 Å². The van der Waals surface area contributed by atoms with Gasteiger partial charge in [-0.25, -0.2) is 0 Å². The topological polar surface area (TPSA) is 137 Å². The first-order valence-electron chi connectivity index (χ1n) is 11.2. The largest absolute Gasteiger partial charge is 0.493 e. The predicted molar refractivity (Wildman–Crippen MR) is 127 cm³/mol. The monoisotopic (exact) mass is 488 g/mol. The lowest BCUT2D eigenvalue weighted by atomic mass is 10.0. The Balaban J connectivity index is 1.65. The van der Waals surface area contributed by atoms with Gasteiger partial charge < -0.3 is 34.5 Å². The Labute approximate surface area is 204 Å². The summed E-state index contributed by atoms with van der Waals surface area (Å²) in [7, 11) is 6.05. The van der Waals surface area contributed by atoms with Gasteiger partial charge in [-0.3, -0.25) is 9.59 Å². The Kier molecular flexibility index (Phi) is 8.87. The molecule has 1 unspecified atom stereocenters. The fourth-order valence-electron chi connectivity index (χ4n) is 3.97. The Bertz CT molecular complexity index is 1010. The lowest BCUT2D eigenvalue weighted by Gasteiger charge is -2.33. The zero-order valence-corrected chi connectivity index (χ0v) is 20.7. The van der Waals surface area contributed by atoms with Crippen molar-refractivity contribution in [2.75, 3.05) is 46.4 Å². The standard InChI is InChI=1S/C23H32N6O6/c1-14(30)24-17(13-15-7-6-8-18(32-2)19(15)33-3)20(31)25-16-9-11-29(12-10-16)21-26-22(34-4)28-23(27-21)35-5/h6-8,16-17H,9-13H2,1-5H3,(H,24,30)(H,25,31). The number of para-hydroxylation sites is 1. The number of piperidine rings is 1. The molecule has 190 valence electrons. The van der Waals surface area contributed by atoms with Crippen LogP contribution in [0.15, 0.2) is 18.2 Å². The van der Waals surface area contributed by atoms with E-state index in [-0.39, 0.29) is 36.3 Å². The molecule has 2 aromatic rings. The summed E-state index contributed by atoms with van der Waals surface area (Å²) in [5.74, 6) is 1.01. The summed E-state index contributed by atoms with van der Waals surface area (Å²) < 4.78 is 21.1. The van der Waals surface area contributed by atoms with Gasteiger partial charge >= 0.3 is 12.0 Å². The van der Waals surface area contributed by atoms with Gasteiger partial charge in [0, 0.05) is 38.0 Å². The number of hydrogen-bond acceptors (Lipinski definition) is 10. The van der Waals surface area contributed by atoms with E-state index in [1.165, 1.54) is 21.1 Å². The number of nitrogens with one attached hydrogen (secondary N) is 2. The molecule has 1 saturated heterocycles. The Morgan fingerprint density at radius 2 is 1.66 bits per heavy atom. The summed E-state index contributed by atoms with van der Waals surface area (Å²) in [6.45, 7) is 2.63. The highest BCUT2D eigenvalue weighted by atomic mass is 16.5. The quantitative estimate of drug-likeness (QED) is 0.493. The fraction of sp³-hybridized carbons (Fsp3) is 0.522. The van der Waals surface area contributed by atoms with E-state index in [4.69, 9.17) is 18.9 Å². The molecule has 1 fully saturated rings. The van der Waals surface area contributed by atoms with Crippen molar-refractivity contribution in [2.24, 2.45) is 0 Å². The molecule has 1 aliphatic heterocycles. The van der Waals surface area contributed by atoms with Gasteiger partial charge in [-0.2, -0.15) is 9.97 Å². The predicted octanol–water partition coefficient (Wildman–Crippen LogP) is 0.738. The van der Waals surface area contributed by atoms with Crippen molar-refractivity contribution in [3.05, 3.63) is 23.8 Å². The first-order valence-corrected chi connectivity index (χ1v) is 11.2. The third kappa shape index (κ3) is 6.61. The molecular weight excluding hydrogens is 456 g/mol. The van der Waals surface area contributed by atoms with E-state index in [1.54, 1.807) is 20.3 Å². The highest BCUT2D eigenvalue weighted by Gasteiger charge is 2.28. The zero-order chi connectivity index (χ0) is 25.4. The van der Waals surface area contributed by atoms with E-state index in [9.17, 15) is 9.59 Å². The maximum atomic E-state index is 13.1. The molecule has 0 radical (unpaired) electrons. The number of aromatic nitrogens is 3. The number of carbonyl (C=O) groups excluding carboxylic acids is 2. The minimum Gasteiger partial charge on any atom is -0.493 e.